The molecule has 1 aromatic rings. The molecule has 1 aromatic carbocycles. The average molecular weight is 292 g/mol. The lowest BCUT2D eigenvalue weighted by Crippen LogP contribution is -2.39. The van der Waals surface area contributed by atoms with Gasteiger partial charge in [-0.2, -0.15) is 0 Å². The van der Waals surface area contributed by atoms with E-state index in [9.17, 15) is 4.39 Å². The number of rotatable bonds is 5. The summed E-state index contributed by atoms with van der Waals surface area (Å²) in [4.78, 5) is 2.41. The van der Waals surface area contributed by atoms with Crippen molar-refractivity contribution in [3.63, 3.8) is 0 Å². The number of piperidine rings is 1. The van der Waals surface area contributed by atoms with Gasteiger partial charge in [0.15, 0.2) is 0 Å². The van der Waals surface area contributed by atoms with Crippen LogP contribution < -0.4 is 10.6 Å². The normalized spacial score (nSPS) is 19.6. The van der Waals surface area contributed by atoms with Gasteiger partial charge in [0.05, 0.1) is 0 Å². The minimum Gasteiger partial charge on any atom is -0.371 e. The van der Waals surface area contributed by atoms with Gasteiger partial charge < -0.3 is 10.6 Å². The topological polar surface area (TPSA) is 29.3 Å². The molecule has 1 aliphatic rings. The molecule has 1 atom stereocenters. The molecule has 1 unspecified atom stereocenters. The first kappa shape index (κ1) is 16.3. The van der Waals surface area contributed by atoms with Crippen LogP contribution in [0.25, 0.3) is 0 Å². The Balaban J connectivity index is 2.16. The van der Waals surface area contributed by atoms with Crippen LogP contribution in [0, 0.1) is 11.2 Å². The molecule has 0 saturated carbocycles. The van der Waals surface area contributed by atoms with Gasteiger partial charge in [0.2, 0.25) is 0 Å². The molecule has 1 heterocycles. The zero-order valence-corrected chi connectivity index (χ0v) is 13.7. The fourth-order valence-corrected chi connectivity index (χ4v) is 3.09. The molecule has 1 aliphatic heterocycles. The molecule has 0 aliphatic carbocycles. The van der Waals surface area contributed by atoms with Crippen LogP contribution in [0.3, 0.4) is 0 Å². The maximum Gasteiger partial charge on any atom is 0.123 e. The third-order valence-corrected chi connectivity index (χ3v) is 5.21. The van der Waals surface area contributed by atoms with E-state index in [1.54, 1.807) is 12.1 Å². The van der Waals surface area contributed by atoms with E-state index in [4.69, 9.17) is 5.73 Å². The Kier molecular flexibility index (Phi) is 5.26. The van der Waals surface area contributed by atoms with Gasteiger partial charge in [0.1, 0.15) is 5.82 Å². The molecule has 3 heteroatoms. The zero-order chi connectivity index (χ0) is 15.5. The summed E-state index contributed by atoms with van der Waals surface area (Å²) in [6.07, 6.45) is 5.33. The first-order chi connectivity index (χ1) is 9.97. The molecule has 1 saturated heterocycles. The van der Waals surface area contributed by atoms with Gasteiger partial charge in [-0.15, -0.1) is 0 Å². The second-order valence-electron chi connectivity index (χ2n) is 6.80. The van der Waals surface area contributed by atoms with E-state index in [0.29, 0.717) is 5.41 Å². The monoisotopic (exact) mass is 292 g/mol. The third-order valence-electron chi connectivity index (χ3n) is 5.21. The van der Waals surface area contributed by atoms with Gasteiger partial charge in [-0.25, -0.2) is 4.39 Å². The van der Waals surface area contributed by atoms with Crippen LogP contribution in [0.5, 0.6) is 0 Å². The van der Waals surface area contributed by atoms with Crippen molar-refractivity contribution < 1.29 is 4.39 Å². The summed E-state index contributed by atoms with van der Waals surface area (Å²) in [6, 6.07) is 5.28. The molecule has 2 N–H and O–H groups in total. The number of anilines is 1. The maximum absolute atomic E-state index is 13.6. The van der Waals surface area contributed by atoms with Gasteiger partial charge in [-0.05, 0) is 54.9 Å². The maximum atomic E-state index is 13.6. The predicted molar refractivity (Wildman–Crippen MR) is 88.2 cm³/mol. The molecule has 0 radical (unpaired) electrons. The van der Waals surface area contributed by atoms with Crippen molar-refractivity contribution >= 4 is 5.69 Å². The SMILES string of the molecule is CCC(N)Cc1cc(F)ccc1N1CCC(C)(CC)CC1. The number of benzene rings is 1. The Hall–Kier alpha value is -1.09. The average Bonchev–Trinajstić information content (AvgIpc) is 2.48. The lowest BCUT2D eigenvalue weighted by atomic mass is 9.78. The molecule has 118 valence electrons. The van der Waals surface area contributed by atoms with E-state index in [1.165, 1.54) is 24.9 Å². The number of nitrogens with two attached hydrogens (primary N) is 1. The standard InChI is InChI=1S/C18H29FN2/c1-4-16(20)13-14-12-15(19)6-7-17(14)21-10-8-18(3,5-2)9-11-21/h6-7,12,16H,4-5,8-11,13,20H2,1-3H3. The second kappa shape index (κ2) is 6.78. The van der Waals surface area contributed by atoms with E-state index in [-0.39, 0.29) is 11.9 Å². The summed E-state index contributed by atoms with van der Waals surface area (Å²) in [6.45, 7) is 8.86. The summed E-state index contributed by atoms with van der Waals surface area (Å²) < 4.78 is 13.6. The highest BCUT2D eigenvalue weighted by Gasteiger charge is 2.29. The molecule has 0 spiro atoms. The summed E-state index contributed by atoms with van der Waals surface area (Å²) in [5.41, 5.74) is 8.78. The van der Waals surface area contributed by atoms with Gasteiger partial charge in [0.25, 0.3) is 0 Å². The Morgan fingerprint density at radius 3 is 2.52 bits per heavy atom. The lowest BCUT2D eigenvalue weighted by Gasteiger charge is -2.40. The van der Waals surface area contributed by atoms with Crippen LogP contribution in [0.15, 0.2) is 18.2 Å². The Bertz CT molecular complexity index is 464. The zero-order valence-electron chi connectivity index (χ0n) is 13.7. The first-order valence-corrected chi connectivity index (χ1v) is 8.26. The van der Waals surface area contributed by atoms with E-state index < -0.39 is 0 Å². The predicted octanol–water partition coefficient (Wildman–Crippen LogP) is 4.12. The van der Waals surface area contributed by atoms with Crippen LogP contribution in [0.2, 0.25) is 0 Å². The van der Waals surface area contributed by atoms with E-state index in [0.717, 1.165) is 31.5 Å². The quantitative estimate of drug-likeness (QED) is 0.884. The van der Waals surface area contributed by atoms with Crippen LogP contribution >= 0.6 is 0 Å². The molecule has 2 rings (SSSR count). The Labute approximate surface area is 128 Å². The number of halogens is 1. The van der Waals surface area contributed by atoms with Crippen LogP contribution in [-0.2, 0) is 6.42 Å². The van der Waals surface area contributed by atoms with Crippen LogP contribution in [-0.4, -0.2) is 19.1 Å². The highest BCUT2D eigenvalue weighted by atomic mass is 19.1. The molecule has 2 nitrogen and oxygen atoms in total. The van der Waals surface area contributed by atoms with Crippen molar-refractivity contribution in [2.75, 3.05) is 18.0 Å². The molecule has 0 aromatic heterocycles. The van der Waals surface area contributed by atoms with E-state index in [1.807, 2.05) is 6.07 Å². The highest BCUT2D eigenvalue weighted by Crippen LogP contribution is 2.36. The third kappa shape index (κ3) is 3.97. The Morgan fingerprint density at radius 1 is 1.29 bits per heavy atom. The van der Waals surface area contributed by atoms with Crippen molar-refractivity contribution in [2.45, 2.75) is 58.9 Å². The number of hydrogen-bond acceptors (Lipinski definition) is 2. The molecular formula is C18H29FN2. The minimum atomic E-state index is -0.160. The van der Waals surface area contributed by atoms with Crippen molar-refractivity contribution in [3.8, 4) is 0 Å². The van der Waals surface area contributed by atoms with Crippen molar-refractivity contribution in [1.82, 2.24) is 0 Å². The van der Waals surface area contributed by atoms with Gasteiger partial charge >= 0.3 is 0 Å². The fraction of sp³-hybridized carbons (Fsp3) is 0.667. The smallest absolute Gasteiger partial charge is 0.123 e. The molecule has 0 amide bonds. The Morgan fingerprint density at radius 2 is 1.95 bits per heavy atom. The van der Waals surface area contributed by atoms with Gasteiger partial charge in [-0.3, -0.25) is 0 Å². The molecule has 21 heavy (non-hydrogen) atoms. The molecular weight excluding hydrogens is 263 g/mol. The van der Waals surface area contributed by atoms with Crippen molar-refractivity contribution in [1.29, 1.82) is 0 Å². The molecule has 1 fully saturated rings. The van der Waals surface area contributed by atoms with Crippen molar-refractivity contribution in [2.24, 2.45) is 11.1 Å². The largest absolute Gasteiger partial charge is 0.371 e. The first-order valence-electron chi connectivity index (χ1n) is 8.26. The summed E-state index contributed by atoms with van der Waals surface area (Å²) in [5.74, 6) is -0.160. The van der Waals surface area contributed by atoms with Crippen LogP contribution in [0.4, 0.5) is 10.1 Å². The van der Waals surface area contributed by atoms with Gasteiger partial charge in [-0.1, -0.05) is 27.2 Å². The number of hydrogen-bond donors (Lipinski definition) is 1. The second-order valence-corrected chi connectivity index (χ2v) is 6.80. The summed E-state index contributed by atoms with van der Waals surface area (Å²) in [5, 5.41) is 0. The molecule has 0 bridgehead atoms. The number of nitrogens with zero attached hydrogens (tertiary/aromatic N) is 1. The minimum absolute atomic E-state index is 0.108. The fourth-order valence-electron chi connectivity index (χ4n) is 3.09. The summed E-state index contributed by atoms with van der Waals surface area (Å²) >= 11 is 0. The van der Waals surface area contributed by atoms with E-state index >= 15 is 0 Å². The lowest BCUT2D eigenvalue weighted by molar-refractivity contribution is 0.238. The highest BCUT2D eigenvalue weighted by molar-refractivity contribution is 5.54. The van der Waals surface area contributed by atoms with Gasteiger partial charge in [0, 0.05) is 24.8 Å². The van der Waals surface area contributed by atoms with E-state index in [2.05, 4.69) is 25.7 Å². The van der Waals surface area contributed by atoms with Crippen molar-refractivity contribution in [3.05, 3.63) is 29.6 Å². The van der Waals surface area contributed by atoms with Crippen LogP contribution in [0.1, 0.15) is 52.0 Å². The summed E-state index contributed by atoms with van der Waals surface area (Å²) in [7, 11) is 0.